The van der Waals surface area contributed by atoms with E-state index >= 15 is 0 Å². The zero-order chi connectivity index (χ0) is 15.1. The van der Waals surface area contributed by atoms with Gasteiger partial charge in [0, 0.05) is 35.5 Å². The van der Waals surface area contributed by atoms with Gasteiger partial charge in [0.25, 0.3) is 5.91 Å². The molecule has 21 heavy (non-hydrogen) atoms. The molecule has 0 saturated carbocycles. The SMILES string of the molecule is CN(Cc1cc(C#CCCO)cs1)C(=O)c1ccccn1. The molecule has 1 amide bonds. The van der Waals surface area contributed by atoms with Crippen LogP contribution < -0.4 is 0 Å². The summed E-state index contributed by atoms with van der Waals surface area (Å²) in [6, 6.07) is 7.26. The van der Waals surface area contributed by atoms with Crippen LogP contribution in [0.3, 0.4) is 0 Å². The highest BCUT2D eigenvalue weighted by Crippen LogP contribution is 2.16. The highest BCUT2D eigenvalue weighted by molar-refractivity contribution is 7.10. The predicted octanol–water partition coefficient (Wildman–Crippen LogP) is 2.15. The van der Waals surface area contributed by atoms with Gasteiger partial charge in [-0.05, 0) is 18.2 Å². The fourth-order valence-electron chi connectivity index (χ4n) is 1.74. The molecule has 0 aromatic carbocycles. The first-order valence-electron chi connectivity index (χ1n) is 6.54. The first kappa shape index (κ1) is 15.2. The van der Waals surface area contributed by atoms with Gasteiger partial charge in [-0.25, -0.2) is 0 Å². The van der Waals surface area contributed by atoms with Crippen molar-refractivity contribution in [2.45, 2.75) is 13.0 Å². The van der Waals surface area contributed by atoms with E-state index in [4.69, 9.17) is 5.11 Å². The minimum atomic E-state index is -0.100. The maximum Gasteiger partial charge on any atom is 0.272 e. The van der Waals surface area contributed by atoms with Gasteiger partial charge in [0.1, 0.15) is 5.69 Å². The Kier molecular flexibility index (Phi) is 5.50. The molecule has 2 heterocycles. The van der Waals surface area contributed by atoms with Gasteiger partial charge in [-0.15, -0.1) is 11.3 Å². The number of rotatable bonds is 4. The van der Waals surface area contributed by atoms with Crippen LogP contribution in [0, 0.1) is 11.8 Å². The van der Waals surface area contributed by atoms with Crippen LogP contribution in [-0.4, -0.2) is 34.6 Å². The second kappa shape index (κ2) is 7.58. The number of carbonyl (C=O) groups is 1. The number of thiophene rings is 1. The number of hydrogen-bond donors (Lipinski definition) is 1. The zero-order valence-corrected chi connectivity index (χ0v) is 12.6. The van der Waals surface area contributed by atoms with E-state index in [1.165, 1.54) is 0 Å². The number of pyridine rings is 1. The zero-order valence-electron chi connectivity index (χ0n) is 11.7. The number of aliphatic hydroxyl groups is 1. The normalized spacial score (nSPS) is 9.81. The van der Waals surface area contributed by atoms with E-state index in [1.807, 2.05) is 11.4 Å². The molecule has 0 radical (unpaired) electrons. The summed E-state index contributed by atoms with van der Waals surface area (Å²) in [6.45, 7) is 0.604. The fraction of sp³-hybridized carbons (Fsp3) is 0.250. The first-order chi connectivity index (χ1) is 10.2. The van der Waals surface area contributed by atoms with Crippen LogP contribution in [0.1, 0.15) is 27.3 Å². The van der Waals surface area contributed by atoms with E-state index in [2.05, 4.69) is 16.8 Å². The van der Waals surface area contributed by atoms with E-state index < -0.39 is 0 Å². The Morgan fingerprint density at radius 3 is 3.05 bits per heavy atom. The van der Waals surface area contributed by atoms with Crippen LogP contribution in [0.5, 0.6) is 0 Å². The molecule has 108 valence electrons. The largest absolute Gasteiger partial charge is 0.395 e. The summed E-state index contributed by atoms with van der Waals surface area (Å²) in [7, 11) is 1.76. The molecule has 2 rings (SSSR count). The topological polar surface area (TPSA) is 53.4 Å². The minimum absolute atomic E-state index is 0.0747. The lowest BCUT2D eigenvalue weighted by Crippen LogP contribution is -2.26. The molecule has 0 aliphatic rings. The van der Waals surface area contributed by atoms with Gasteiger partial charge in [0.15, 0.2) is 0 Å². The summed E-state index contributed by atoms with van der Waals surface area (Å²) >= 11 is 1.57. The second-order valence-corrected chi connectivity index (χ2v) is 5.45. The van der Waals surface area contributed by atoms with Crippen molar-refractivity contribution in [2.24, 2.45) is 0 Å². The van der Waals surface area contributed by atoms with Gasteiger partial charge in [-0.1, -0.05) is 17.9 Å². The molecule has 0 aliphatic carbocycles. The summed E-state index contributed by atoms with van der Waals surface area (Å²) < 4.78 is 0. The Balaban J connectivity index is 1.99. The summed E-state index contributed by atoms with van der Waals surface area (Å²) in [6.07, 6.45) is 2.09. The van der Waals surface area contributed by atoms with Crippen molar-refractivity contribution in [2.75, 3.05) is 13.7 Å². The van der Waals surface area contributed by atoms with Crippen molar-refractivity contribution < 1.29 is 9.90 Å². The van der Waals surface area contributed by atoms with E-state index in [0.717, 1.165) is 10.4 Å². The molecule has 2 aromatic rings. The number of aliphatic hydroxyl groups excluding tert-OH is 1. The Morgan fingerprint density at radius 1 is 1.48 bits per heavy atom. The standard InChI is InChI=1S/C16H16N2O2S/c1-18(16(20)15-7-2-4-8-17-15)11-14-10-13(12-21-14)6-3-5-9-19/h2,4,7-8,10,12,19H,5,9,11H2,1H3. The van der Waals surface area contributed by atoms with Crippen molar-refractivity contribution >= 4 is 17.2 Å². The van der Waals surface area contributed by atoms with Crippen molar-refractivity contribution in [1.82, 2.24) is 9.88 Å². The van der Waals surface area contributed by atoms with Gasteiger partial charge in [0.2, 0.25) is 0 Å². The molecular formula is C16H16N2O2S. The number of nitrogens with zero attached hydrogens (tertiary/aromatic N) is 2. The van der Waals surface area contributed by atoms with E-state index in [1.54, 1.807) is 47.7 Å². The Hall–Kier alpha value is -2.16. The third kappa shape index (κ3) is 4.42. The smallest absolute Gasteiger partial charge is 0.272 e. The van der Waals surface area contributed by atoms with Crippen LogP contribution in [0.15, 0.2) is 35.8 Å². The lowest BCUT2D eigenvalue weighted by atomic mass is 10.3. The third-order valence-corrected chi connectivity index (χ3v) is 3.67. The Bertz CT molecular complexity index is 656. The van der Waals surface area contributed by atoms with Crippen molar-refractivity contribution in [3.63, 3.8) is 0 Å². The third-order valence-electron chi connectivity index (χ3n) is 2.75. The number of carbonyl (C=O) groups excluding carboxylic acids is 1. The van der Waals surface area contributed by atoms with E-state index in [0.29, 0.717) is 18.7 Å². The van der Waals surface area contributed by atoms with Gasteiger partial charge >= 0.3 is 0 Å². The second-order valence-electron chi connectivity index (χ2n) is 4.45. The maximum absolute atomic E-state index is 12.2. The minimum Gasteiger partial charge on any atom is -0.395 e. The van der Waals surface area contributed by atoms with Crippen molar-refractivity contribution in [3.8, 4) is 11.8 Å². The summed E-state index contributed by atoms with van der Waals surface area (Å²) in [5.41, 5.74) is 1.36. The molecule has 4 nitrogen and oxygen atoms in total. The van der Waals surface area contributed by atoms with Crippen molar-refractivity contribution in [1.29, 1.82) is 0 Å². The summed E-state index contributed by atoms with van der Waals surface area (Å²) in [5.74, 6) is 5.77. The lowest BCUT2D eigenvalue weighted by molar-refractivity contribution is 0.0780. The Labute approximate surface area is 128 Å². The highest BCUT2D eigenvalue weighted by atomic mass is 32.1. The quantitative estimate of drug-likeness (QED) is 0.880. The monoisotopic (exact) mass is 300 g/mol. The van der Waals surface area contributed by atoms with Gasteiger partial charge in [-0.3, -0.25) is 9.78 Å². The molecule has 5 heteroatoms. The molecule has 0 fully saturated rings. The first-order valence-corrected chi connectivity index (χ1v) is 7.42. The molecule has 1 N–H and O–H groups in total. The molecule has 2 aromatic heterocycles. The average Bonchev–Trinajstić information content (AvgIpc) is 2.95. The highest BCUT2D eigenvalue weighted by Gasteiger charge is 2.13. The molecule has 0 bridgehead atoms. The van der Waals surface area contributed by atoms with Crippen LogP contribution in [0.2, 0.25) is 0 Å². The fourth-order valence-corrected chi connectivity index (χ4v) is 2.61. The van der Waals surface area contributed by atoms with E-state index in [9.17, 15) is 4.79 Å². The molecule has 0 spiro atoms. The predicted molar refractivity (Wildman–Crippen MR) is 82.9 cm³/mol. The van der Waals surface area contributed by atoms with Crippen LogP contribution in [0.4, 0.5) is 0 Å². The number of aromatic nitrogens is 1. The van der Waals surface area contributed by atoms with Gasteiger partial charge in [-0.2, -0.15) is 0 Å². The van der Waals surface area contributed by atoms with E-state index in [-0.39, 0.29) is 12.5 Å². The summed E-state index contributed by atoms with van der Waals surface area (Å²) in [5, 5.41) is 10.6. The van der Waals surface area contributed by atoms with Crippen LogP contribution >= 0.6 is 11.3 Å². The van der Waals surface area contributed by atoms with Crippen LogP contribution in [0.25, 0.3) is 0 Å². The molecule has 0 unspecified atom stereocenters. The molecular weight excluding hydrogens is 284 g/mol. The molecule has 0 saturated heterocycles. The maximum atomic E-state index is 12.2. The van der Waals surface area contributed by atoms with Gasteiger partial charge in [0.05, 0.1) is 13.2 Å². The van der Waals surface area contributed by atoms with Gasteiger partial charge < -0.3 is 10.0 Å². The Morgan fingerprint density at radius 2 is 2.33 bits per heavy atom. The number of hydrogen-bond acceptors (Lipinski definition) is 4. The number of amides is 1. The molecule has 0 aliphatic heterocycles. The molecule has 0 atom stereocenters. The lowest BCUT2D eigenvalue weighted by Gasteiger charge is -2.15. The average molecular weight is 300 g/mol. The van der Waals surface area contributed by atoms with Crippen LogP contribution in [-0.2, 0) is 6.54 Å². The van der Waals surface area contributed by atoms with Crippen molar-refractivity contribution in [3.05, 3.63) is 52.0 Å². The summed E-state index contributed by atoms with van der Waals surface area (Å²) in [4.78, 5) is 18.9.